The normalized spacial score (nSPS) is 10.6. The molecule has 0 fully saturated rings. The van der Waals surface area contributed by atoms with Crippen LogP contribution < -0.4 is 32.3 Å². The van der Waals surface area contributed by atoms with Crippen LogP contribution in [0.2, 0.25) is 0 Å². The Hall–Kier alpha value is -8.92. The van der Waals surface area contributed by atoms with Crippen LogP contribution in [0.1, 0.15) is 42.2 Å². The summed E-state index contributed by atoms with van der Waals surface area (Å²) in [5.41, 5.74) is 15.2. The van der Waals surface area contributed by atoms with E-state index in [4.69, 9.17) is 5.73 Å². The van der Waals surface area contributed by atoms with Crippen molar-refractivity contribution in [2.75, 3.05) is 32.3 Å². The molecule has 0 aliphatic heterocycles. The van der Waals surface area contributed by atoms with E-state index in [-0.39, 0.29) is 34.7 Å². The van der Waals surface area contributed by atoms with Crippen molar-refractivity contribution in [2.24, 2.45) is 0 Å². The third kappa shape index (κ3) is 12.6. The summed E-state index contributed by atoms with van der Waals surface area (Å²) < 4.78 is 41.0. The molecule has 72 heavy (non-hydrogen) atoms. The number of carbonyl (C=O) groups excluding carboxylic acids is 2. The molecule has 0 unspecified atom stereocenters. The number of rotatable bonds is 11. The summed E-state index contributed by atoms with van der Waals surface area (Å²) in [6.45, 7) is 3.97. The van der Waals surface area contributed by atoms with Gasteiger partial charge < -0.3 is 37.4 Å². The number of nitrogens with one attached hydrogen (secondary N) is 5. The monoisotopic (exact) mass is 998 g/mol. The van der Waals surface area contributed by atoms with E-state index in [2.05, 4.69) is 26.6 Å². The molecule has 8 aromatic carbocycles. The van der Waals surface area contributed by atoms with Crippen LogP contribution in [0.25, 0.3) is 20.2 Å². The lowest BCUT2D eigenvalue weighted by Crippen LogP contribution is -2.12. The van der Waals surface area contributed by atoms with E-state index in [1.54, 1.807) is 47.0 Å². The van der Waals surface area contributed by atoms with Gasteiger partial charge in [0, 0.05) is 76.4 Å². The molecule has 0 aliphatic carbocycles. The first kappa shape index (κ1) is 49.5. The number of nitrogens with two attached hydrogens (primary N) is 1. The van der Waals surface area contributed by atoms with Gasteiger partial charge in [-0.05, 0) is 152 Å². The Labute approximate surface area is 420 Å². The molecule has 0 bridgehead atoms. The second-order valence-corrected chi connectivity index (χ2v) is 18.1. The maximum absolute atomic E-state index is 13.1. The van der Waals surface area contributed by atoms with Crippen LogP contribution in [0.5, 0.6) is 0 Å². The Morgan fingerprint density at radius 2 is 0.819 bits per heavy atom. The third-order valence-corrected chi connectivity index (χ3v) is 13.0. The van der Waals surface area contributed by atoms with E-state index in [0.29, 0.717) is 33.9 Å². The summed E-state index contributed by atoms with van der Waals surface area (Å²) in [5, 5.41) is 30.1. The van der Waals surface area contributed by atoms with Crippen LogP contribution in [0.3, 0.4) is 0 Å². The standard InChI is InChI=1S/C22H15FN2O3S.C22H17FN2OS.C13H13FN2/c23-13-5-7-14(8-6-13)24-19-11-15(9-10-17(19)22(27)28)25-21(26)18-12-29-20-4-2-1-3-16(18)20;1-14-6-9-17(12-20(14)24-16-10-7-15(23)8-11-16)25-22(26)19-13-27-21-5-3-2-4-18(19)21;1-9-2-5-11(15)8-13(9)16-12-6-3-10(14)4-7-12/h1-12,24H,(H,25,26)(H,27,28);2-13,24H,1H3,(H,25,26);2-8,16H,15H2,1H3. The molecule has 2 aromatic heterocycles. The number of carboxylic acid groups (broad SMARTS) is 1. The lowest BCUT2D eigenvalue weighted by Gasteiger charge is -2.12. The van der Waals surface area contributed by atoms with E-state index >= 15 is 0 Å². The molecule has 0 spiro atoms. The number of hydrogen-bond donors (Lipinski definition) is 7. The van der Waals surface area contributed by atoms with Gasteiger partial charge in [0.1, 0.15) is 17.5 Å². The molecule has 10 aromatic rings. The number of thiophene rings is 2. The highest BCUT2D eigenvalue weighted by molar-refractivity contribution is 7.18. The van der Waals surface area contributed by atoms with Gasteiger partial charge in [-0.25, -0.2) is 18.0 Å². The minimum absolute atomic E-state index is 0.0355. The molecule has 0 saturated heterocycles. The number of aryl methyl sites for hydroxylation is 2. The molecule has 2 amide bonds. The van der Waals surface area contributed by atoms with E-state index in [0.717, 1.165) is 54.0 Å². The molecule has 0 radical (unpaired) electrons. The van der Waals surface area contributed by atoms with Gasteiger partial charge in [-0.2, -0.15) is 0 Å². The number of carboxylic acids is 1. The number of nitrogen functional groups attached to an aromatic ring is 1. The largest absolute Gasteiger partial charge is 0.478 e. The van der Waals surface area contributed by atoms with Crippen LogP contribution in [0, 0.1) is 31.3 Å². The molecule has 0 aliphatic rings. The smallest absolute Gasteiger partial charge is 0.337 e. The maximum Gasteiger partial charge on any atom is 0.337 e. The van der Waals surface area contributed by atoms with E-state index in [1.165, 1.54) is 72.0 Å². The van der Waals surface area contributed by atoms with Crippen LogP contribution in [0.4, 0.5) is 64.4 Å². The van der Waals surface area contributed by atoms with Crippen molar-refractivity contribution in [1.82, 2.24) is 0 Å². The highest BCUT2D eigenvalue weighted by Gasteiger charge is 2.17. The van der Waals surface area contributed by atoms with Gasteiger partial charge in [0.15, 0.2) is 0 Å². The topological polar surface area (TPSA) is 158 Å². The molecule has 15 heteroatoms. The van der Waals surface area contributed by atoms with Crippen LogP contribution in [-0.2, 0) is 0 Å². The lowest BCUT2D eigenvalue weighted by atomic mass is 10.1. The number of carbonyl (C=O) groups is 3. The van der Waals surface area contributed by atoms with Gasteiger partial charge in [-0.15, -0.1) is 22.7 Å². The average molecular weight is 999 g/mol. The van der Waals surface area contributed by atoms with Gasteiger partial charge in [0.25, 0.3) is 11.8 Å². The zero-order valence-electron chi connectivity index (χ0n) is 38.6. The summed E-state index contributed by atoms with van der Waals surface area (Å²) in [7, 11) is 0. The Balaban J connectivity index is 0.000000150. The SMILES string of the molecule is Cc1ccc(N)cc1Nc1ccc(F)cc1.Cc1ccc(NC(=O)c2csc3ccccc23)cc1Nc1ccc(F)cc1.O=C(O)c1ccc(NC(=O)c2csc3ccccc23)cc1Nc1ccc(F)cc1. The molecule has 10 rings (SSSR count). The fourth-order valence-corrected chi connectivity index (χ4v) is 9.17. The first-order valence-electron chi connectivity index (χ1n) is 22.2. The van der Waals surface area contributed by atoms with E-state index < -0.39 is 11.8 Å². The first-order valence-corrected chi connectivity index (χ1v) is 24.0. The number of hydrogen-bond acceptors (Lipinski definition) is 9. The number of halogens is 3. The molecular formula is C57H45F3N6O4S2. The summed E-state index contributed by atoms with van der Waals surface area (Å²) in [4.78, 5) is 37.0. The van der Waals surface area contributed by atoms with E-state index in [9.17, 15) is 32.7 Å². The summed E-state index contributed by atoms with van der Waals surface area (Å²) >= 11 is 3.04. The number of fused-ring (bicyclic) bond motifs is 2. The zero-order valence-corrected chi connectivity index (χ0v) is 40.2. The molecule has 0 atom stereocenters. The fourth-order valence-electron chi connectivity index (χ4n) is 7.29. The lowest BCUT2D eigenvalue weighted by molar-refractivity contribution is 0.0697. The van der Waals surface area contributed by atoms with Crippen LogP contribution >= 0.6 is 22.7 Å². The van der Waals surface area contributed by atoms with Crippen molar-refractivity contribution in [1.29, 1.82) is 0 Å². The predicted octanol–water partition coefficient (Wildman–Crippen LogP) is 15.5. The van der Waals surface area contributed by atoms with Crippen molar-refractivity contribution in [3.8, 4) is 0 Å². The summed E-state index contributed by atoms with van der Waals surface area (Å²) in [5.74, 6) is -2.44. The molecular weight excluding hydrogens is 954 g/mol. The molecule has 360 valence electrons. The van der Waals surface area contributed by atoms with Crippen molar-refractivity contribution in [2.45, 2.75) is 13.8 Å². The Bertz CT molecular complexity index is 3550. The fraction of sp³-hybridized carbons (Fsp3) is 0.0351. The third-order valence-electron chi connectivity index (χ3n) is 11.1. The van der Waals surface area contributed by atoms with Crippen molar-refractivity contribution in [3.63, 3.8) is 0 Å². The number of anilines is 9. The Morgan fingerprint density at radius 1 is 0.444 bits per heavy atom. The second-order valence-electron chi connectivity index (χ2n) is 16.3. The maximum atomic E-state index is 13.1. The minimum Gasteiger partial charge on any atom is -0.478 e. The van der Waals surface area contributed by atoms with Crippen LogP contribution in [-0.4, -0.2) is 22.9 Å². The van der Waals surface area contributed by atoms with Crippen molar-refractivity contribution < 1.29 is 32.7 Å². The second kappa shape index (κ2) is 22.7. The van der Waals surface area contributed by atoms with Gasteiger partial charge in [0.2, 0.25) is 0 Å². The first-order chi connectivity index (χ1) is 34.8. The number of aromatic carboxylic acids is 1. The summed E-state index contributed by atoms with van der Waals surface area (Å²) in [6.07, 6.45) is 0. The van der Waals surface area contributed by atoms with Gasteiger partial charge in [-0.1, -0.05) is 48.5 Å². The Kier molecular flexibility index (Phi) is 15.6. The number of amides is 2. The predicted molar refractivity (Wildman–Crippen MR) is 289 cm³/mol. The molecule has 8 N–H and O–H groups in total. The average Bonchev–Trinajstić information content (AvgIpc) is 4.02. The molecule has 10 nitrogen and oxygen atoms in total. The van der Waals surface area contributed by atoms with Gasteiger partial charge in [0.05, 0.1) is 22.4 Å². The van der Waals surface area contributed by atoms with Gasteiger partial charge in [-0.3, -0.25) is 9.59 Å². The van der Waals surface area contributed by atoms with Crippen molar-refractivity contribution in [3.05, 3.63) is 232 Å². The van der Waals surface area contributed by atoms with E-state index in [1.807, 2.05) is 104 Å². The van der Waals surface area contributed by atoms with Crippen molar-refractivity contribution >= 4 is 112 Å². The number of benzene rings is 8. The summed E-state index contributed by atoms with van der Waals surface area (Å²) in [6, 6.07) is 49.3. The molecule has 2 heterocycles. The Morgan fingerprint density at radius 3 is 1.28 bits per heavy atom. The minimum atomic E-state index is -1.11. The highest BCUT2D eigenvalue weighted by atomic mass is 32.1. The van der Waals surface area contributed by atoms with Crippen LogP contribution in [0.15, 0.2) is 187 Å². The highest BCUT2D eigenvalue weighted by Crippen LogP contribution is 2.31. The quantitative estimate of drug-likeness (QED) is 0.0631. The van der Waals surface area contributed by atoms with Gasteiger partial charge >= 0.3 is 5.97 Å². The molecule has 0 saturated carbocycles. The zero-order chi connectivity index (χ0) is 50.7.